The van der Waals surface area contributed by atoms with Crippen LogP contribution in [0.2, 0.25) is 10.0 Å². The summed E-state index contributed by atoms with van der Waals surface area (Å²) >= 11 is 17.0. The predicted molar refractivity (Wildman–Crippen MR) is 93.2 cm³/mol. The van der Waals surface area contributed by atoms with E-state index in [1.165, 1.54) is 24.3 Å². The number of thiocarbonyl (C=S) groups is 1. The molecule has 1 amide bonds. The first kappa shape index (κ1) is 17.1. The fraction of sp³-hybridized carbons (Fsp3) is 0. The minimum atomic E-state index is -0.548. The zero-order valence-corrected chi connectivity index (χ0v) is 13.7. The smallest absolute Gasteiger partial charge is 0.269 e. The van der Waals surface area contributed by atoms with Crippen molar-refractivity contribution in [2.75, 3.05) is 5.32 Å². The molecule has 0 aliphatic rings. The van der Waals surface area contributed by atoms with E-state index in [1.54, 1.807) is 18.2 Å². The molecule has 0 saturated carbocycles. The Morgan fingerprint density at radius 1 is 1.09 bits per heavy atom. The Morgan fingerprint density at radius 3 is 2.17 bits per heavy atom. The van der Waals surface area contributed by atoms with Gasteiger partial charge >= 0.3 is 0 Å². The molecule has 0 bridgehead atoms. The summed E-state index contributed by atoms with van der Waals surface area (Å²) in [5.41, 5.74) is 0.500. The highest BCUT2D eigenvalue weighted by Crippen LogP contribution is 2.29. The molecule has 2 N–H and O–H groups in total. The molecule has 0 heterocycles. The molecule has 6 nitrogen and oxygen atoms in total. The Morgan fingerprint density at radius 2 is 1.65 bits per heavy atom. The van der Waals surface area contributed by atoms with Gasteiger partial charge in [-0.2, -0.15) is 0 Å². The van der Waals surface area contributed by atoms with Crippen molar-refractivity contribution in [3.63, 3.8) is 0 Å². The van der Waals surface area contributed by atoms with Crippen molar-refractivity contribution in [3.8, 4) is 0 Å². The van der Waals surface area contributed by atoms with Gasteiger partial charge in [0, 0.05) is 17.7 Å². The van der Waals surface area contributed by atoms with Crippen LogP contribution < -0.4 is 10.6 Å². The lowest BCUT2D eigenvalue weighted by molar-refractivity contribution is -0.384. The van der Waals surface area contributed by atoms with E-state index in [1.807, 2.05) is 0 Å². The van der Waals surface area contributed by atoms with E-state index in [0.29, 0.717) is 15.7 Å². The summed E-state index contributed by atoms with van der Waals surface area (Å²) in [5.74, 6) is -0.513. The van der Waals surface area contributed by atoms with E-state index in [-0.39, 0.29) is 16.4 Å². The van der Waals surface area contributed by atoms with Gasteiger partial charge in [-0.3, -0.25) is 20.2 Å². The summed E-state index contributed by atoms with van der Waals surface area (Å²) in [4.78, 5) is 22.0. The van der Waals surface area contributed by atoms with Gasteiger partial charge in [-0.1, -0.05) is 29.3 Å². The second-order valence-electron chi connectivity index (χ2n) is 4.31. The Kier molecular flexibility index (Phi) is 5.49. The first-order valence-electron chi connectivity index (χ1n) is 6.19. The number of non-ortho nitro benzene ring substituents is 1. The van der Waals surface area contributed by atoms with Crippen LogP contribution >= 0.6 is 35.4 Å². The van der Waals surface area contributed by atoms with Crippen molar-refractivity contribution in [1.82, 2.24) is 5.32 Å². The average molecular weight is 370 g/mol. The molecule has 0 unspecified atom stereocenters. The molecule has 0 aliphatic heterocycles. The Balaban J connectivity index is 2.05. The standard InChI is InChI=1S/C14H9Cl2N3O3S/c15-10-2-1-3-11(16)12(10)17-14(23)18-13(20)8-4-6-9(7-5-8)19(21)22/h1-7H,(H2,17,18,20,23). The minimum absolute atomic E-state index is 0.00310. The van der Waals surface area contributed by atoms with Crippen molar-refractivity contribution in [3.05, 3.63) is 68.2 Å². The Bertz CT molecular complexity index is 761. The number of rotatable bonds is 3. The second-order valence-corrected chi connectivity index (χ2v) is 5.53. The van der Waals surface area contributed by atoms with Crippen molar-refractivity contribution in [2.45, 2.75) is 0 Å². The molecule has 0 aliphatic carbocycles. The molecule has 118 valence electrons. The molecule has 0 atom stereocenters. The fourth-order valence-electron chi connectivity index (χ4n) is 1.67. The van der Waals surface area contributed by atoms with Gasteiger partial charge in [0.25, 0.3) is 11.6 Å². The van der Waals surface area contributed by atoms with E-state index >= 15 is 0 Å². The highest BCUT2D eigenvalue weighted by molar-refractivity contribution is 7.80. The fourth-order valence-corrected chi connectivity index (χ4v) is 2.36. The molecular weight excluding hydrogens is 361 g/mol. The number of benzene rings is 2. The normalized spacial score (nSPS) is 10.0. The molecule has 0 radical (unpaired) electrons. The average Bonchev–Trinajstić information content (AvgIpc) is 2.51. The minimum Gasteiger partial charge on any atom is -0.330 e. The molecule has 0 aromatic heterocycles. The number of nitrogens with zero attached hydrogens (tertiary/aromatic N) is 1. The number of hydrogen-bond donors (Lipinski definition) is 2. The SMILES string of the molecule is O=C(NC(=S)Nc1c(Cl)cccc1Cl)c1ccc([N+](=O)[O-])cc1. The van der Waals surface area contributed by atoms with Crippen LogP contribution in [0.15, 0.2) is 42.5 Å². The number of nitrogens with one attached hydrogen (secondary N) is 2. The third-order valence-electron chi connectivity index (χ3n) is 2.77. The maximum Gasteiger partial charge on any atom is 0.269 e. The molecule has 0 saturated heterocycles. The van der Waals surface area contributed by atoms with Crippen molar-refractivity contribution >= 4 is 57.8 Å². The maximum atomic E-state index is 12.0. The summed E-state index contributed by atoms with van der Waals surface area (Å²) in [5, 5.41) is 16.5. The number of anilines is 1. The summed E-state index contributed by atoms with van der Waals surface area (Å²) in [6, 6.07) is 10.0. The van der Waals surface area contributed by atoms with Gasteiger partial charge in [0.15, 0.2) is 5.11 Å². The number of amides is 1. The lowest BCUT2D eigenvalue weighted by Crippen LogP contribution is -2.34. The van der Waals surface area contributed by atoms with Gasteiger partial charge in [0.05, 0.1) is 20.7 Å². The number of carbonyl (C=O) groups is 1. The van der Waals surface area contributed by atoms with Gasteiger partial charge in [-0.05, 0) is 36.5 Å². The first-order chi connectivity index (χ1) is 10.9. The summed E-state index contributed by atoms with van der Waals surface area (Å²) in [6.45, 7) is 0. The molecule has 23 heavy (non-hydrogen) atoms. The molecule has 9 heteroatoms. The lowest BCUT2D eigenvalue weighted by Gasteiger charge is -2.12. The number of nitro groups is 1. The van der Waals surface area contributed by atoms with E-state index < -0.39 is 10.8 Å². The van der Waals surface area contributed by atoms with Crippen molar-refractivity contribution in [1.29, 1.82) is 0 Å². The van der Waals surface area contributed by atoms with Crippen LogP contribution in [0.4, 0.5) is 11.4 Å². The zero-order chi connectivity index (χ0) is 17.0. The van der Waals surface area contributed by atoms with Gasteiger partial charge in [0.2, 0.25) is 0 Å². The van der Waals surface area contributed by atoms with Crippen LogP contribution in [-0.2, 0) is 0 Å². The number of nitro benzene ring substituents is 1. The van der Waals surface area contributed by atoms with Crippen molar-refractivity contribution in [2.24, 2.45) is 0 Å². The quantitative estimate of drug-likeness (QED) is 0.484. The third kappa shape index (κ3) is 4.38. The monoisotopic (exact) mass is 369 g/mol. The molecule has 2 aromatic carbocycles. The lowest BCUT2D eigenvalue weighted by atomic mass is 10.2. The Hall–Kier alpha value is -2.22. The van der Waals surface area contributed by atoms with Crippen LogP contribution in [0.3, 0.4) is 0 Å². The Labute approximate surface area is 146 Å². The summed E-state index contributed by atoms with van der Waals surface area (Å²) < 4.78 is 0. The van der Waals surface area contributed by atoms with Crippen molar-refractivity contribution < 1.29 is 9.72 Å². The number of carbonyl (C=O) groups excluding carboxylic acids is 1. The van der Waals surface area contributed by atoms with E-state index in [4.69, 9.17) is 35.4 Å². The number of para-hydroxylation sites is 1. The third-order valence-corrected chi connectivity index (χ3v) is 3.60. The van der Waals surface area contributed by atoms with E-state index in [2.05, 4.69) is 10.6 Å². The second kappa shape index (κ2) is 7.36. The summed E-state index contributed by atoms with van der Waals surface area (Å²) in [7, 11) is 0. The van der Waals surface area contributed by atoms with Crippen LogP contribution in [-0.4, -0.2) is 15.9 Å². The highest BCUT2D eigenvalue weighted by atomic mass is 35.5. The largest absolute Gasteiger partial charge is 0.330 e. The molecule has 2 rings (SSSR count). The number of halogens is 2. The molecular formula is C14H9Cl2N3O3S. The van der Waals surface area contributed by atoms with Crippen LogP contribution in [0.5, 0.6) is 0 Å². The zero-order valence-electron chi connectivity index (χ0n) is 11.4. The van der Waals surface area contributed by atoms with Gasteiger partial charge in [0.1, 0.15) is 0 Å². The molecule has 0 fully saturated rings. The van der Waals surface area contributed by atoms with Crippen LogP contribution in [0.25, 0.3) is 0 Å². The molecule has 2 aromatic rings. The van der Waals surface area contributed by atoms with Crippen LogP contribution in [0.1, 0.15) is 10.4 Å². The predicted octanol–water partition coefficient (Wildman–Crippen LogP) is 4.03. The van der Waals surface area contributed by atoms with Crippen LogP contribution in [0, 0.1) is 10.1 Å². The topological polar surface area (TPSA) is 84.3 Å². The molecule has 0 spiro atoms. The summed E-state index contributed by atoms with van der Waals surface area (Å²) in [6.07, 6.45) is 0. The van der Waals surface area contributed by atoms with E-state index in [9.17, 15) is 14.9 Å². The highest BCUT2D eigenvalue weighted by Gasteiger charge is 2.12. The van der Waals surface area contributed by atoms with Gasteiger partial charge in [-0.25, -0.2) is 0 Å². The van der Waals surface area contributed by atoms with Gasteiger partial charge in [-0.15, -0.1) is 0 Å². The van der Waals surface area contributed by atoms with E-state index in [0.717, 1.165) is 0 Å². The van der Waals surface area contributed by atoms with Gasteiger partial charge < -0.3 is 5.32 Å². The number of hydrogen-bond acceptors (Lipinski definition) is 4. The first-order valence-corrected chi connectivity index (χ1v) is 7.35. The maximum absolute atomic E-state index is 12.0.